The molecule has 4 nitrogen and oxygen atoms in total. The van der Waals surface area contributed by atoms with Gasteiger partial charge in [0.25, 0.3) is 5.56 Å². The van der Waals surface area contributed by atoms with Crippen LogP contribution in [-0.2, 0) is 5.75 Å². The number of aromatic nitrogens is 2. The molecule has 1 aromatic heterocycles. The maximum atomic E-state index is 13.8. The van der Waals surface area contributed by atoms with E-state index in [-0.39, 0.29) is 5.56 Å². The van der Waals surface area contributed by atoms with Crippen LogP contribution in [0.4, 0.5) is 4.39 Å². The van der Waals surface area contributed by atoms with Gasteiger partial charge in [0.1, 0.15) is 11.6 Å². The number of hydrogen-bond donors (Lipinski definition) is 0. The highest BCUT2D eigenvalue weighted by atomic mass is 32.2. The smallest absolute Gasteiger partial charge is 0.266 e. The fraction of sp³-hybridized carbons (Fsp3) is 0.0909. The molecule has 0 atom stereocenters. The van der Waals surface area contributed by atoms with Crippen molar-refractivity contribution in [1.29, 1.82) is 0 Å². The van der Waals surface area contributed by atoms with Crippen LogP contribution in [-0.4, -0.2) is 16.7 Å². The van der Waals surface area contributed by atoms with Crippen LogP contribution in [0.2, 0.25) is 0 Å². The Kier molecular flexibility index (Phi) is 5.12. The largest absolute Gasteiger partial charge is 0.497 e. The van der Waals surface area contributed by atoms with Crippen LogP contribution >= 0.6 is 11.8 Å². The molecule has 0 saturated carbocycles. The fourth-order valence-corrected chi connectivity index (χ4v) is 3.92. The number of hydrogen-bond acceptors (Lipinski definition) is 4. The number of methoxy groups -OCH3 is 1. The summed E-state index contributed by atoms with van der Waals surface area (Å²) in [6, 6.07) is 20.9. The topological polar surface area (TPSA) is 44.1 Å². The molecule has 0 aliphatic heterocycles. The lowest BCUT2D eigenvalue weighted by atomic mass is 10.2. The second kappa shape index (κ2) is 7.86. The van der Waals surface area contributed by atoms with Crippen molar-refractivity contribution in [1.82, 2.24) is 9.55 Å². The first-order valence-corrected chi connectivity index (χ1v) is 9.68. The molecule has 4 rings (SSSR count). The third kappa shape index (κ3) is 3.64. The molecule has 0 aliphatic carbocycles. The van der Waals surface area contributed by atoms with Crippen LogP contribution in [0.15, 0.2) is 82.7 Å². The third-order valence-electron chi connectivity index (χ3n) is 4.31. The number of nitrogens with zero attached hydrogens (tertiary/aromatic N) is 2. The van der Waals surface area contributed by atoms with E-state index >= 15 is 0 Å². The van der Waals surface area contributed by atoms with Crippen LogP contribution in [0.5, 0.6) is 5.75 Å². The van der Waals surface area contributed by atoms with Crippen molar-refractivity contribution in [2.75, 3.05) is 7.11 Å². The normalized spacial score (nSPS) is 10.9. The third-order valence-corrected chi connectivity index (χ3v) is 5.32. The predicted octanol–water partition coefficient (Wildman–Crippen LogP) is 4.83. The number of fused-ring (bicyclic) bond motifs is 1. The molecule has 1 heterocycles. The molecular weight excluding hydrogens is 375 g/mol. The lowest BCUT2D eigenvalue weighted by molar-refractivity contribution is 0.414. The molecule has 3 aromatic carbocycles. The summed E-state index contributed by atoms with van der Waals surface area (Å²) in [7, 11) is 1.62. The Morgan fingerprint density at radius 1 is 1.04 bits per heavy atom. The van der Waals surface area contributed by atoms with Crippen LogP contribution in [0, 0.1) is 5.82 Å². The first kappa shape index (κ1) is 18.3. The molecule has 6 heteroatoms. The second-order valence-corrected chi connectivity index (χ2v) is 7.11. The summed E-state index contributed by atoms with van der Waals surface area (Å²) in [4.78, 5) is 17.8. The van der Waals surface area contributed by atoms with Crippen molar-refractivity contribution in [2.24, 2.45) is 0 Å². The highest BCUT2D eigenvalue weighted by Crippen LogP contribution is 2.26. The summed E-state index contributed by atoms with van der Waals surface area (Å²) >= 11 is 1.42. The minimum atomic E-state index is -0.402. The fourth-order valence-electron chi connectivity index (χ4n) is 2.96. The Morgan fingerprint density at radius 3 is 2.68 bits per heavy atom. The van der Waals surface area contributed by atoms with E-state index in [9.17, 15) is 9.18 Å². The molecule has 0 unspecified atom stereocenters. The highest BCUT2D eigenvalue weighted by Gasteiger charge is 2.14. The van der Waals surface area contributed by atoms with Crippen molar-refractivity contribution in [3.63, 3.8) is 0 Å². The molecule has 140 valence electrons. The van der Waals surface area contributed by atoms with Crippen molar-refractivity contribution in [2.45, 2.75) is 10.9 Å². The Hall–Kier alpha value is -3.12. The van der Waals surface area contributed by atoms with Crippen molar-refractivity contribution >= 4 is 22.7 Å². The molecule has 0 bridgehead atoms. The van der Waals surface area contributed by atoms with Gasteiger partial charge in [-0.15, -0.1) is 0 Å². The lowest BCUT2D eigenvalue weighted by Gasteiger charge is -2.13. The van der Waals surface area contributed by atoms with Crippen molar-refractivity contribution in [3.8, 4) is 11.4 Å². The lowest BCUT2D eigenvalue weighted by Crippen LogP contribution is -2.21. The van der Waals surface area contributed by atoms with Crippen LogP contribution < -0.4 is 10.3 Å². The molecule has 0 saturated heterocycles. The quantitative estimate of drug-likeness (QED) is 0.361. The molecule has 0 aliphatic rings. The van der Waals surface area contributed by atoms with E-state index in [0.717, 1.165) is 11.3 Å². The number of thioether (sulfide) groups is 1. The summed E-state index contributed by atoms with van der Waals surface area (Å²) < 4.78 is 20.5. The number of ether oxygens (including phenoxy) is 1. The average Bonchev–Trinajstić information content (AvgIpc) is 2.72. The summed E-state index contributed by atoms with van der Waals surface area (Å²) in [5, 5.41) is 1.01. The minimum Gasteiger partial charge on any atom is -0.497 e. The second-order valence-electron chi connectivity index (χ2n) is 6.17. The van der Waals surface area contributed by atoms with Gasteiger partial charge in [0, 0.05) is 5.75 Å². The standard InChI is InChI=1S/C22H17FN2O2S/c1-27-18-9-4-6-15(12-18)14-28-22-24-20-11-3-2-10-19(20)21(26)25(22)17-8-5-7-16(23)13-17/h2-13H,14H2,1H3. The highest BCUT2D eigenvalue weighted by molar-refractivity contribution is 7.98. The van der Waals surface area contributed by atoms with Crippen molar-refractivity contribution in [3.05, 3.63) is 94.5 Å². The van der Waals surface area contributed by atoms with Gasteiger partial charge in [0.15, 0.2) is 5.16 Å². The van der Waals surface area contributed by atoms with Crippen molar-refractivity contribution < 1.29 is 9.13 Å². The molecule has 0 N–H and O–H groups in total. The van der Waals surface area contributed by atoms with E-state index < -0.39 is 5.82 Å². The van der Waals surface area contributed by atoms with Gasteiger partial charge >= 0.3 is 0 Å². The van der Waals surface area contributed by atoms with Gasteiger partial charge in [-0.2, -0.15) is 0 Å². The van der Waals surface area contributed by atoms with Gasteiger partial charge in [-0.3, -0.25) is 9.36 Å². The van der Waals surface area contributed by atoms with Crippen LogP contribution in [0.1, 0.15) is 5.56 Å². The SMILES string of the molecule is COc1cccc(CSc2nc3ccccc3c(=O)n2-c2cccc(F)c2)c1. The van der Waals surface area contributed by atoms with E-state index in [0.29, 0.717) is 27.5 Å². The molecule has 0 amide bonds. The van der Waals surface area contributed by atoms with E-state index in [1.54, 1.807) is 31.4 Å². The Labute approximate surface area is 165 Å². The van der Waals surface area contributed by atoms with Gasteiger partial charge < -0.3 is 4.74 Å². The maximum Gasteiger partial charge on any atom is 0.266 e. The molecular formula is C22H17FN2O2S. The zero-order valence-electron chi connectivity index (χ0n) is 15.1. The molecule has 4 aromatic rings. The Balaban J connectivity index is 1.81. The molecule has 0 radical (unpaired) electrons. The summed E-state index contributed by atoms with van der Waals surface area (Å²) in [6.45, 7) is 0. The summed E-state index contributed by atoms with van der Waals surface area (Å²) in [5.74, 6) is 0.963. The Morgan fingerprint density at radius 2 is 1.86 bits per heavy atom. The molecule has 28 heavy (non-hydrogen) atoms. The molecule has 0 spiro atoms. The van der Waals surface area contributed by atoms with E-state index in [2.05, 4.69) is 4.98 Å². The predicted molar refractivity (Wildman–Crippen MR) is 110 cm³/mol. The zero-order chi connectivity index (χ0) is 19.5. The summed E-state index contributed by atoms with van der Waals surface area (Å²) in [5.41, 5.74) is 1.89. The number of para-hydroxylation sites is 1. The van der Waals surface area contributed by atoms with Gasteiger partial charge in [-0.25, -0.2) is 9.37 Å². The van der Waals surface area contributed by atoms with E-state index in [1.807, 2.05) is 36.4 Å². The van der Waals surface area contributed by atoms with Gasteiger partial charge in [0.05, 0.1) is 23.7 Å². The van der Waals surface area contributed by atoms with Crippen LogP contribution in [0.25, 0.3) is 16.6 Å². The first-order valence-electron chi connectivity index (χ1n) is 8.69. The monoisotopic (exact) mass is 392 g/mol. The minimum absolute atomic E-state index is 0.218. The Bertz CT molecular complexity index is 1210. The van der Waals surface area contributed by atoms with E-state index in [1.165, 1.54) is 28.5 Å². The number of rotatable bonds is 5. The maximum absolute atomic E-state index is 13.8. The van der Waals surface area contributed by atoms with Gasteiger partial charge in [0.2, 0.25) is 0 Å². The number of halogens is 1. The average molecular weight is 392 g/mol. The van der Waals surface area contributed by atoms with E-state index in [4.69, 9.17) is 4.74 Å². The zero-order valence-corrected chi connectivity index (χ0v) is 15.9. The van der Waals surface area contributed by atoms with Crippen LogP contribution in [0.3, 0.4) is 0 Å². The van der Waals surface area contributed by atoms with Gasteiger partial charge in [-0.1, -0.05) is 42.1 Å². The number of benzene rings is 3. The molecule has 0 fully saturated rings. The summed E-state index contributed by atoms with van der Waals surface area (Å²) in [6.07, 6.45) is 0. The first-order chi connectivity index (χ1) is 13.7. The van der Waals surface area contributed by atoms with Gasteiger partial charge in [-0.05, 0) is 48.0 Å².